The summed E-state index contributed by atoms with van der Waals surface area (Å²) in [5.74, 6) is 1.85. The van der Waals surface area contributed by atoms with Gasteiger partial charge in [-0.1, -0.05) is 0 Å². The molecule has 0 radical (unpaired) electrons. The minimum absolute atomic E-state index is 0.117. The smallest absolute Gasteiger partial charge is 0.223 e. The Bertz CT molecular complexity index is 602. The van der Waals surface area contributed by atoms with E-state index in [1.54, 1.807) is 6.26 Å². The third kappa shape index (κ3) is 3.10. The molecule has 0 unspecified atom stereocenters. The van der Waals surface area contributed by atoms with Crippen LogP contribution >= 0.6 is 0 Å². The van der Waals surface area contributed by atoms with Crippen molar-refractivity contribution in [2.45, 2.75) is 19.8 Å². The molecular weight excluding hydrogens is 280 g/mol. The number of nitrogens with zero attached hydrogens (tertiary/aromatic N) is 3. The third-order valence-electron chi connectivity index (χ3n) is 3.96. The van der Waals surface area contributed by atoms with Crippen LogP contribution in [0.2, 0.25) is 0 Å². The van der Waals surface area contributed by atoms with Gasteiger partial charge in [-0.05, 0) is 44.0 Å². The molecule has 0 atom stereocenters. The quantitative estimate of drug-likeness (QED) is 0.936. The molecule has 1 N–H and O–H groups in total. The number of carbonyl (C=O) groups is 1. The molecule has 1 aliphatic heterocycles. The second-order valence-electron chi connectivity index (χ2n) is 5.41. The first kappa shape index (κ1) is 14.6. The van der Waals surface area contributed by atoms with Crippen LogP contribution in [0.5, 0.6) is 0 Å². The molecule has 6 heteroatoms. The van der Waals surface area contributed by atoms with Crippen LogP contribution in [0.1, 0.15) is 19.8 Å². The van der Waals surface area contributed by atoms with E-state index in [1.807, 2.05) is 31.2 Å². The minimum atomic E-state index is 0.117. The van der Waals surface area contributed by atoms with Crippen LogP contribution in [0.3, 0.4) is 0 Å². The molecule has 22 heavy (non-hydrogen) atoms. The molecule has 0 saturated carbocycles. The van der Waals surface area contributed by atoms with Crippen LogP contribution in [0.4, 0.5) is 5.82 Å². The summed E-state index contributed by atoms with van der Waals surface area (Å²) in [4.78, 5) is 14.0. The molecule has 0 aromatic carbocycles. The van der Waals surface area contributed by atoms with Crippen LogP contribution in [-0.2, 0) is 4.79 Å². The largest absolute Gasteiger partial charge is 0.463 e. The Hall–Kier alpha value is -2.37. The third-order valence-corrected chi connectivity index (χ3v) is 3.96. The van der Waals surface area contributed by atoms with Crippen LogP contribution < -0.4 is 10.2 Å². The first-order valence-corrected chi connectivity index (χ1v) is 7.68. The Labute approximate surface area is 129 Å². The van der Waals surface area contributed by atoms with Crippen LogP contribution in [0.15, 0.2) is 34.9 Å². The van der Waals surface area contributed by atoms with E-state index < -0.39 is 0 Å². The molecule has 2 aromatic rings. The number of hydrogen-bond donors (Lipinski definition) is 1. The highest BCUT2D eigenvalue weighted by Gasteiger charge is 2.25. The minimum Gasteiger partial charge on any atom is -0.463 e. The van der Waals surface area contributed by atoms with Crippen LogP contribution in [0, 0.1) is 5.92 Å². The van der Waals surface area contributed by atoms with E-state index in [1.165, 1.54) is 0 Å². The van der Waals surface area contributed by atoms with Crippen molar-refractivity contribution in [1.82, 2.24) is 15.5 Å². The summed E-state index contributed by atoms with van der Waals surface area (Å²) in [7, 11) is 0. The van der Waals surface area contributed by atoms with Crippen molar-refractivity contribution in [2.24, 2.45) is 5.92 Å². The molecule has 3 rings (SSSR count). The summed E-state index contributed by atoms with van der Waals surface area (Å²) < 4.78 is 5.31. The number of piperidine rings is 1. The lowest BCUT2D eigenvalue weighted by atomic mass is 9.96. The fourth-order valence-corrected chi connectivity index (χ4v) is 2.74. The molecule has 0 bridgehead atoms. The number of carbonyl (C=O) groups excluding carboxylic acids is 1. The van der Waals surface area contributed by atoms with E-state index in [4.69, 9.17) is 4.42 Å². The Morgan fingerprint density at radius 3 is 2.73 bits per heavy atom. The Balaban J connectivity index is 1.61. The Kier molecular flexibility index (Phi) is 4.37. The molecule has 1 saturated heterocycles. The summed E-state index contributed by atoms with van der Waals surface area (Å²) in [6.45, 7) is 4.30. The van der Waals surface area contributed by atoms with Gasteiger partial charge in [-0.15, -0.1) is 10.2 Å². The average Bonchev–Trinajstić information content (AvgIpc) is 3.10. The Morgan fingerprint density at radius 2 is 2.14 bits per heavy atom. The molecule has 6 nitrogen and oxygen atoms in total. The van der Waals surface area contributed by atoms with Gasteiger partial charge < -0.3 is 14.6 Å². The second kappa shape index (κ2) is 6.60. The van der Waals surface area contributed by atoms with Crippen LogP contribution in [-0.4, -0.2) is 35.7 Å². The van der Waals surface area contributed by atoms with Gasteiger partial charge in [0.1, 0.15) is 5.69 Å². The van der Waals surface area contributed by atoms with E-state index in [0.29, 0.717) is 12.3 Å². The monoisotopic (exact) mass is 300 g/mol. The maximum Gasteiger partial charge on any atom is 0.223 e. The van der Waals surface area contributed by atoms with E-state index in [-0.39, 0.29) is 11.8 Å². The zero-order valence-electron chi connectivity index (χ0n) is 12.7. The van der Waals surface area contributed by atoms with Gasteiger partial charge in [0, 0.05) is 25.6 Å². The SMILES string of the molecule is CCNC(=O)C1CCN(c2ccc(-c3ccco3)nn2)CC1. The molecule has 1 amide bonds. The summed E-state index contributed by atoms with van der Waals surface area (Å²) in [6, 6.07) is 7.56. The van der Waals surface area contributed by atoms with Crippen LogP contribution in [0.25, 0.3) is 11.5 Å². The highest BCUT2D eigenvalue weighted by atomic mass is 16.3. The summed E-state index contributed by atoms with van der Waals surface area (Å²) in [5.41, 5.74) is 0.728. The van der Waals surface area contributed by atoms with Gasteiger partial charge in [-0.25, -0.2) is 0 Å². The maximum atomic E-state index is 11.8. The highest BCUT2D eigenvalue weighted by molar-refractivity contribution is 5.78. The van der Waals surface area contributed by atoms with Crippen molar-refractivity contribution in [3.05, 3.63) is 30.5 Å². The van der Waals surface area contributed by atoms with E-state index in [0.717, 1.165) is 37.4 Å². The van der Waals surface area contributed by atoms with E-state index >= 15 is 0 Å². The van der Waals surface area contributed by atoms with Crippen molar-refractivity contribution in [3.63, 3.8) is 0 Å². The van der Waals surface area contributed by atoms with Crippen molar-refractivity contribution < 1.29 is 9.21 Å². The average molecular weight is 300 g/mol. The predicted molar refractivity (Wildman–Crippen MR) is 83.4 cm³/mol. The normalized spacial score (nSPS) is 15.8. The van der Waals surface area contributed by atoms with Crippen molar-refractivity contribution in [3.8, 4) is 11.5 Å². The Morgan fingerprint density at radius 1 is 1.32 bits per heavy atom. The van der Waals surface area contributed by atoms with Crippen molar-refractivity contribution >= 4 is 11.7 Å². The molecule has 3 heterocycles. The first-order chi connectivity index (χ1) is 10.8. The molecule has 116 valence electrons. The van der Waals surface area contributed by atoms with Gasteiger partial charge >= 0.3 is 0 Å². The summed E-state index contributed by atoms with van der Waals surface area (Å²) in [6.07, 6.45) is 3.33. The molecule has 2 aromatic heterocycles. The lowest BCUT2D eigenvalue weighted by Crippen LogP contribution is -2.40. The van der Waals surface area contributed by atoms with Gasteiger partial charge in [-0.3, -0.25) is 4.79 Å². The summed E-state index contributed by atoms with van der Waals surface area (Å²) >= 11 is 0. The van der Waals surface area contributed by atoms with Gasteiger partial charge in [0.2, 0.25) is 5.91 Å². The molecule has 1 fully saturated rings. The number of anilines is 1. The number of nitrogens with one attached hydrogen (secondary N) is 1. The highest BCUT2D eigenvalue weighted by Crippen LogP contribution is 2.23. The molecule has 1 aliphatic rings. The zero-order valence-corrected chi connectivity index (χ0v) is 12.7. The van der Waals surface area contributed by atoms with Gasteiger partial charge in [0.15, 0.2) is 11.6 Å². The number of furan rings is 1. The lowest BCUT2D eigenvalue weighted by Gasteiger charge is -2.31. The van der Waals surface area contributed by atoms with Gasteiger partial charge in [0.05, 0.1) is 6.26 Å². The van der Waals surface area contributed by atoms with Gasteiger partial charge in [-0.2, -0.15) is 0 Å². The molecule has 0 spiro atoms. The zero-order chi connectivity index (χ0) is 15.4. The topological polar surface area (TPSA) is 71.3 Å². The van der Waals surface area contributed by atoms with Crippen molar-refractivity contribution in [2.75, 3.05) is 24.5 Å². The van der Waals surface area contributed by atoms with E-state index in [2.05, 4.69) is 20.4 Å². The maximum absolute atomic E-state index is 11.8. The fourth-order valence-electron chi connectivity index (χ4n) is 2.74. The van der Waals surface area contributed by atoms with Gasteiger partial charge in [0.25, 0.3) is 0 Å². The first-order valence-electron chi connectivity index (χ1n) is 7.68. The molecular formula is C16H20N4O2. The number of amides is 1. The summed E-state index contributed by atoms with van der Waals surface area (Å²) in [5, 5.41) is 11.4. The number of rotatable bonds is 4. The number of aromatic nitrogens is 2. The predicted octanol–water partition coefficient (Wildman–Crippen LogP) is 2.09. The second-order valence-corrected chi connectivity index (χ2v) is 5.41. The fraction of sp³-hybridized carbons (Fsp3) is 0.438. The standard InChI is InChI=1S/C16H20N4O2/c1-2-17-16(21)12-7-9-20(10-8-12)15-6-5-13(18-19-15)14-4-3-11-22-14/h3-6,11-12H,2,7-10H2,1H3,(H,17,21). The molecule has 0 aliphatic carbocycles. The van der Waals surface area contributed by atoms with E-state index in [9.17, 15) is 4.79 Å². The number of hydrogen-bond acceptors (Lipinski definition) is 5. The van der Waals surface area contributed by atoms with Crippen molar-refractivity contribution in [1.29, 1.82) is 0 Å². The lowest BCUT2D eigenvalue weighted by molar-refractivity contribution is -0.125.